The fourth-order valence-electron chi connectivity index (χ4n) is 2.61. The molecule has 0 aromatic heterocycles. The van der Waals surface area contributed by atoms with Crippen LogP contribution in [-0.4, -0.2) is 53.7 Å². The van der Waals surface area contributed by atoms with Gasteiger partial charge in [0.25, 0.3) is 0 Å². The summed E-state index contributed by atoms with van der Waals surface area (Å²) in [6.07, 6.45) is 5.34. The zero-order valence-electron chi connectivity index (χ0n) is 13.9. The number of benzene rings is 1. The van der Waals surface area contributed by atoms with E-state index in [4.69, 9.17) is 34.8 Å². The highest BCUT2D eigenvalue weighted by atomic mass is 35.5. The van der Waals surface area contributed by atoms with Gasteiger partial charge in [0.05, 0.1) is 10.0 Å². The van der Waals surface area contributed by atoms with Crippen molar-refractivity contribution < 1.29 is 9.59 Å². The van der Waals surface area contributed by atoms with Gasteiger partial charge in [0.15, 0.2) is 0 Å². The molecule has 4 nitrogen and oxygen atoms in total. The van der Waals surface area contributed by atoms with Gasteiger partial charge in [-0.25, -0.2) is 0 Å². The lowest BCUT2D eigenvalue weighted by molar-refractivity contribution is -0.130. The molecule has 1 aliphatic heterocycles. The minimum Gasteiger partial charge on any atom is -0.341 e. The minimum absolute atomic E-state index is 0.0957. The molecule has 0 unspecified atom stereocenters. The summed E-state index contributed by atoms with van der Waals surface area (Å²) >= 11 is 17.5. The van der Waals surface area contributed by atoms with Gasteiger partial charge in [0.1, 0.15) is 0 Å². The van der Waals surface area contributed by atoms with Crippen molar-refractivity contribution in [3.8, 4) is 0 Å². The standard InChI is InChI=1S/C18H21Cl3N2O2/c19-8-1-2-9-22-11-12-23(10-7-18(22)25)17(24)6-4-14-3-5-15(20)16(21)13-14/h3-6,13H,1-2,7-12H2/b6-4+. The summed E-state index contributed by atoms with van der Waals surface area (Å²) in [5, 5.41) is 0.926. The fraction of sp³-hybridized carbons (Fsp3) is 0.444. The van der Waals surface area contributed by atoms with Gasteiger partial charge < -0.3 is 9.80 Å². The molecule has 1 aliphatic rings. The summed E-state index contributed by atoms with van der Waals surface area (Å²) in [6.45, 7) is 2.24. The molecule has 25 heavy (non-hydrogen) atoms. The van der Waals surface area contributed by atoms with Crippen LogP contribution in [0.4, 0.5) is 0 Å². The Hall–Kier alpha value is -1.23. The van der Waals surface area contributed by atoms with Gasteiger partial charge in [-0.15, -0.1) is 11.6 Å². The molecule has 0 radical (unpaired) electrons. The third-order valence-electron chi connectivity index (χ3n) is 4.07. The highest BCUT2D eigenvalue weighted by Gasteiger charge is 2.22. The van der Waals surface area contributed by atoms with Crippen LogP contribution < -0.4 is 0 Å². The molecular formula is C18H21Cl3N2O2. The smallest absolute Gasteiger partial charge is 0.246 e. The predicted molar refractivity (Wildman–Crippen MR) is 103 cm³/mol. The lowest BCUT2D eigenvalue weighted by atomic mass is 10.2. The van der Waals surface area contributed by atoms with Crippen molar-refractivity contribution in [2.75, 3.05) is 32.1 Å². The number of carbonyl (C=O) groups is 2. The zero-order valence-corrected chi connectivity index (χ0v) is 16.2. The first-order valence-electron chi connectivity index (χ1n) is 8.27. The van der Waals surface area contributed by atoms with Gasteiger partial charge in [0.2, 0.25) is 11.8 Å². The van der Waals surface area contributed by atoms with Crippen molar-refractivity contribution in [1.29, 1.82) is 0 Å². The number of rotatable bonds is 6. The first kappa shape index (κ1) is 20.1. The first-order valence-corrected chi connectivity index (χ1v) is 9.56. The van der Waals surface area contributed by atoms with Crippen LogP contribution in [0.25, 0.3) is 6.08 Å². The van der Waals surface area contributed by atoms with Gasteiger partial charge in [0, 0.05) is 44.6 Å². The van der Waals surface area contributed by atoms with Crippen LogP contribution in [0, 0.1) is 0 Å². The van der Waals surface area contributed by atoms with Gasteiger partial charge in [-0.2, -0.15) is 0 Å². The molecule has 1 heterocycles. The molecule has 1 aromatic rings. The van der Waals surface area contributed by atoms with E-state index in [0.29, 0.717) is 48.5 Å². The van der Waals surface area contributed by atoms with E-state index in [0.717, 1.165) is 18.4 Å². The SMILES string of the molecule is O=C(/C=C/c1ccc(Cl)c(Cl)c1)N1CCC(=O)N(CCCCCl)CC1. The van der Waals surface area contributed by atoms with Crippen LogP contribution >= 0.6 is 34.8 Å². The number of amides is 2. The number of halogens is 3. The molecular weight excluding hydrogens is 383 g/mol. The number of nitrogens with zero attached hydrogens (tertiary/aromatic N) is 2. The largest absolute Gasteiger partial charge is 0.341 e. The summed E-state index contributed by atoms with van der Waals surface area (Å²) in [5.74, 6) is 0.589. The van der Waals surface area contributed by atoms with Crippen molar-refractivity contribution in [3.05, 3.63) is 39.9 Å². The molecule has 0 N–H and O–H groups in total. The van der Waals surface area contributed by atoms with Crippen molar-refractivity contribution >= 4 is 52.7 Å². The molecule has 1 saturated heterocycles. The summed E-state index contributed by atoms with van der Waals surface area (Å²) in [4.78, 5) is 28.0. The molecule has 1 fully saturated rings. The molecule has 0 aliphatic carbocycles. The van der Waals surface area contributed by atoms with Crippen molar-refractivity contribution in [1.82, 2.24) is 9.80 Å². The van der Waals surface area contributed by atoms with Crippen molar-refractivity contribution in [2.24, 2.45) is 0 Å². The highest BCUT2D eigenvalue weighted by molar-refractivity contribution is 6.42. The Bertz CT molecular complexity index is 649. The van der Waals surface area contributed by atoms with Crippen LogP contribution in [0.5, 0.6) is 0 Å². The van der Waals surface area contributed by atoms with Crippen LogP contribution in [0.1, 0.15) is 24.8 Å². The maximum atomic E-state index is 12.4. The van der Waals surface area contributed by atoms with E-state index in [1.54, 1.807) is 29.2 Å². The average Bonchev–Trinajstić information content (AvgIpc) is 2.78. The van der Waals surface area contributed by atoms with Crippen molar-refractivity contribution in [3.63, 3.8) is 0 Å². The van der Waals surface area contributed by atoms with Gasteiger partial charge >= 0.3 is 0 Å². The minimum atomic E-state index is -0.110. The Morgan fingerprint density at radius 2 is 1.92 bits per heavy atom. The Morgan fingerprint density at radius 3 is 2.64 bits per heavy atom. The second-order valence-electron chi connectivity index (χ2n) is 5.86. The molecule has 136 valence electrons. The third kappa shape index (κ3) is 6.21. The van der Waals surface area contributed by atoms with E-state index in [1.807, 2.05) is 4.90 Å². The summed E-state index contributed by atoms with van der Waals surface area (Å²) in [5.41, 5.74) is 0.802. The second-order valence-corrected chi connectivity index (χ2v) is 7.05. The van der Waals surface area contributed by atoms with Crippen LogP contribution in [-0.2, 0) is 9.59 Å². The molecule has 0 saturated carbocycles. The molecule has 0 atom stereocenters. The Balaban J connectivity index is 1.92. The van der Waals surface area contributed by atoms with E-state index in [-0.39, 0.29) is 11.8 Å². The Morgan fingerprint density at radius 1 is 1.12 bits per heavy atom. The quantitative estimate of drug-likeness (QED) is 0.408. The average molecular weight is 404 g/mol. The van der Waals surface area contributed by atoms with Gasteiger partial charge in [-0.3, -0.25) is 9.59 Å². The molecule has 1 aromatic carbocycles. The number of carbonyl (C=O) groups excluding carboxylic acids is 2. The highest BCUT2D eigenvalue weighted by Crippen LogP contribution is 2.23. The number of alkyl halides is 1. The summed E-state index contributed by atoms with van der Waals surface area (Å²) in [6, 6.07) is 5.19. The van der Waals surface area contributed by atoms with Crippen LogP contribution in [0.3, 0.4) is 0 Å². The van der Waals surface area contributed by atoms with E-state index in [9.17, 15) is 9.59 Å². The number of hydrogen-bond donors (Lipinski definition) is 0. The maximum absolute atomic E-state index is 12.4. The number of unbranched alkanes of at least 4 members (excludes halogenated alkanes) is 1. The van der Waals surface area contributed by atoms with E-state index in [2.05, 4.69) is 0 Å². The predicted octanol–water partition coefficient (Wildman–Crippen LogP) is 4.09. The topological polar surface area (TPSA) is 40.6 Å². The monoisotopic (exact) mass is 402 g/mol. The molecule has 0 bridgehead atoms. The van der Waals surface area contributed by atoms with E-state index >= 15 is 0 Å². The lowest BCUT2D eigenvalue weighted by Gasteiger charge is -2.21. The maximum Gasteiger partial charge on any atom is 0.246 e. The van der Waals surface area contributed by atoms with Gasteiger partial charge in [-0.05, 0) is 36.6 Å². The van der Waals surface area contributed by atoms with E-state index in [1.165, 1.54) is 6.08 Å². The van der Waals surface area contributed by atoms with Gasteiger partial charge in [-0.1, -0.05) is 29.3 Å². The Labute approximate surface area is 163 Å². The van der Waals surface area contributed by atoms with Crippen molar-refractivity contribution in [2.45, 2.75) is 19.3 Å². The lowest BCUT2D eigenvalue weighted by Crippen LogP contribution is -2.35. The second kappa shape index (κ2) is 10.0. The first-order chi connectivity index (χ1) is 12.0. The molecule has 2 amide bonds. The Kier molecular flexibility index (Phi) is 8.07. The fourth-order valence-corrected chi connectivity index (χ4v) is 3.11. The number of hydrogen-bond acceptors (Lipinski definition) is 2. The molecule has 2 rings (SSSR count). The third-order valence-corrected chi connectivity index (χ3v) is 5.08. The van der Waals surface area contributed by atoms with E-state index < -0.39 is 0 Å². The zero-order chi connectivity index (χ0) is 18.2. The molecule has 0 spiro atoms. The van der Waals surface area contributed by atoms with Crippen LogP contribution in [0.15, 0.2) is 24.3 Å². The normalized spacial score (nSPS) is 15.7. The summed E-state index contributed by atoms with van der Waals surface area (Å²) < 4.78 is 0. The molecule has 7 heteroatoms. The van der Waals surface area contributed by atoms with Crippen LogP contribution in [0.2, 0.25) is 10.0 Å². The summed E-state index contributed by atoms with van der Waals surface area (Å²) in [7, 11) is 0.